The highest BCUT2D eigenvalue weighted by Gasteiger charge is 2.68. The van der Waals surface area contributed by atoms with E-state index in [2.05, 4.69) is 70.5 Å². The molecule has 0 aromatic carbocycles. The molecule has 246 valence electrons. The Balaban J connectivity index is 1.46. The number of allylic oxidation sites excluding steroid dienone is 2. The summed E-state index contributed by atoms with van der Waals surface area (Å²) in [6.07, 6.45) is 5.60. The maximum Gasteiger partial charge on any atom is 0.481 e. The molecule has 2 unspecified atom stereocenters. The van der Waals surface area contributed by atoms with Crippen LogP contribution < -0.4 is 21.4 Å². The minimum atomic E-state index is -0.815. The molecule has 1 heterocycles. The van der Waals surface area contributed by atoms with Crippen LogP contribution in [0.25, 0.3) is 0 Å². The Morgan fingerprint density at radius 3 is 2.39 bits per heavy atom. The molecule has 2 amide bonds. The lowest BCUT2D eigenvalue weighted by Crippen LogP contribution is -2.65. The van der Waals surface area contributed by atoms with Gasteiger partial charge in [0.15, 0.2) is 0 Å². The Morgan fingerprint density at radius 1 is 1.11 bits per heavy atom. The van der Waals surface area contributed by atoms with Crippen molar-refractivity contribution in [1.29, 1.82) is 5.41 Å². The van der Waals surface area contributed by atoms with E-state index in [9.17, 15) is 14.5 Å². The zero-order valence-corrected chi connectivity index (χ0v) is 28.0. The van der Waals surface area contributed by atoms with Crippen molar-refractivity contribution < 1.29 is 29.1 Å². The number of hydrogen-bond donors (Lipinski definition) is 6. The van der Waals surface area contributed by atoms with Gasteiger partial charge in [-0.15, -0.1) is 0 Å². The topological polar surface area (TPSA) is 165 Å². The van der Waals surface area contributed by atoms with Gasteiger partial charge in [-0.05, 0) is 92.8 Å². The third-order valence-corrected chi connectivity index (χ3v) is 10.9. The first-order valence-electron chi connectivity index (χ1n) is 16.2. The second-order valence-electron chi connectivity index (χ2n) is 15.5. The molecule has 5 aliphatic rings. The minimum absolute atomic E-state index is 0.00517. The molecule has 0 aromatic heterocycles. The van der Waals surface area contributed by atoms with E-state index in [-0.39, 0.29) is 64.9 Å². The second kappa shape index (κ2) is 12.6. The van der Waals surface area contributed by atoms with Crippen molar-refractivity contribution >= 4 is 24.9 Å². The summed E-state index contributed by atoms with van der Waals surface area (Å²) < 4.78 is 13.3. The van der Waals surface area contributed by atoms with Crippen molar-refractivity contribution in [3.05, 3.63) is 16.6 Å². The lowest BCUT2D eigenvalue weighted by Gasteiger charge is -2.64. The zero-order chi connectivity index (χ0) is 32.8. The molecule has 1 saturated heterocycles. The van der Waals surface area contributed by atoms with Crippen molar-refractivity contribution in [3.8, 4) is 0 Å². The number of hydrogen-bond acceptors (Lipinski definition) is 6. The predicted molar refractivity (Wildman–Crippen MR) is 167 cm³/mol. The number of amides is 2. The van der Waals surface area contributed by atoms with Crippen LogP contribution in [0.5, 0.6) is 0 Å². The van der Waals surface area contributed by atoms with Gasteiger partial charge in [0.1, 0.15) is 10.9 Å². The molecule has 12 nitrogen and oxygen atoms in total. The van der Waals surface area contributed by atoms with Crippen LogP contribution in [0.15, 0.2) is 11.6 Å². The fourth-order valence-electron chi connectivity index (χ4n) is 8.13. The average Bonchev–Trinajstić information content (AvgIpc) is 3.23. The first kappa shape index (κ1) is 34.2. The van der Waals surface area contributed by atoms with Crippen LogP contribution in [0.4, 0.5) is 0 Å². The predicted octanol–water partition coefficient (Wildman–Crippen LogP) is 3.49. The Kier molecular flexibility index (Phi) is 9.81. The Morgan fingerprint density at radius 2 is 1.80 bits per heavy atom. The van der Waals surface area contributed by atoms with Gasteiger partial charge < -0.3 is 25.3 Å². The summed E-state index contributed by atoms with van der Waals surface area (Å²) in [5.74, 6) is -0.0527. The van der Waals surface area contributed by atoms with Gasteiger partial charge in [-0.2, -0.15) is 0 Å². The highest BCUT2D eigenvalue weighted by atomic mass is 16.7. The van der Waals surface area contributed by atoms with Gasteiger partial charge in [-0.3, -0.25) is 15.0 Å². The molecule has 5 rings (SSSR count). The molecule has 1 aliphatic heterocycles. The van der Waals surface area contributed by atoms with Gasteiger partial charge in [0.25, 0.3) is 5.96 Å². The van der Waals surface area contributed by atoms with Gasteiger partial charge in [-0.1, -0.05) is 53.2 Å². The first-order valence-corrected chi connectivity index (χ1v) is 16.2. The largest absolute Gasteiger partial charge is 0.481 e. The van der Waals surface area contributed by atoms with Crippen LogP contribution in [0, 0.1) is 50.7 Å². The average molecular weight is 618 g/mol. The van der Waals surface area contributed by atoms with Gasteiger partial charge in [0.05, 0.1) is 23.6 Å². The maximum atomic E-state index is 13.9. The van der Waals surface area contributed by atoms with Gasteiger partial charge >= 0.3 is 12.2 Å². The van der Waals surface area contributed by atoms with E-state index in [4.69, 9.17) is 19.9 Å². The van der Waals surface area contributed by atoms with E-state index in [1.54, 1.807) is 0 Å². The highest BCUT2D eigenvalue weighted by molar-refractivity contribution is 6.48. The molecule has 5 fully saturated rings. The summed E-state index contributed by atoms with van der Waals surface area (Å²) >= 11 is 0. The highest BCUT2D eigenvalue weighted by Crippen LogP contribution is 2.66. The number of nitrogens with one attached hydrogen (secondary N) is 5. The van der Waals surface area contributed by atoms with Gasteiger partial charge in [-0.25, -0.2) is 5.21 Å². The summed E-state index contributed by atoms with van der Waals surface area (Å²) in [4.78, 5) is 38.2. The minimum Gasteiger partial charge on any atom is -0.404 e. The maximum absolute atomic E-state index is 13.9. The SMILES string of the molecule is CC(C)=CC1C(C(=O)N[C@@H](CCCNC(=N)N[N+](=O)O)C(=O)N[C@@H](CC(C)C)B2O[C@@H]3C[C@@H]4C[C@@H](C4(C)C)[C@]3(C)O2)C1(C)C. The number of nitrogens with zero attached hydrogens (tertiary/aromatic N) is 1. The van der Waals surface area contributed by atoms with Crippen molar-refractivity contribution in [1.82, 2.24) is 21.4 Å². The Bertz CT molecular complexity index is 1170. The van der Waals surface area contributed by atoms with Crippen LogP contribution >= 0.6 is 0 Å². The molecule has 4 aliphatic carbocycles. The van der Waals surface area contributed by atoms with Crippen LogP contribution in [0.1, 0.15) is 94.4 Å². The van der Waals surface area contributed by atoms with E-state index < -0.39 is 23.8 Å². The zero-order valence-electron chi connectivity index (χ0n) is 28.0. The second-order valence-corrected chi connectivity index (χ2v) is 15.5. The number of guanidine groups is 1. The van der Waals surface area contributed by atoms with E-state index in [1.165, 1.54) is 0 Å². The van der Waals surface area contributed by atoms with Crippen LogP contribution in [-0.2, 0) is 18.9 Å². The molecule has 4 saturated carbocycles. The molecule has 0 radical (unpaired) electrons. The summed E-state index contributed by atoms with van der Waals surface area (Å²) in [5, 5.41) is 24.7. The Labute approximate surface area is 262 Å². The molecule has 8 atom stereocenters. The normalized spacial score (nSPS) is 32.0. The molecule has 0 spiro atoms. The molecule has 2 bridgehead atoms. The monoisotopic (exact) mass is 617 g/mol. The molecular weight excluding hydrogens is 563 g/mol. The summed E-state index contributed by atoms with van der Waals surface area (Å²) in [7, 11) is -0.575. The summed E-state index contributed by atoms with van der Waals surface area (Å²) in [5.41, 5.74) is 2.63. The van der Waals surface area contributed by atoms with Crippen molar-refractivity contribution in [3.63, 3.8) is 0 Å². The third-order valence-electron chi connectivity index (χ3n) is 10.9. The number of carbonyl (C=O) groups excluding carboxylic acids is 2. The molecule has 0 aromatic rings. The van der Waals surface area contributed by atoms with Gasteiger partial charge in [0, 0.05) is 6.54 Å². The Hall–Kier alpha value is -2.67. The first-order chi connectivity index (χ1) is 20.4. The van der Waals surface area contributed by atoms with Crippen LogP contribution in [-0.4, -0.2) is 65.4 Å². The fraction of sp³-hybridized carbons (Fsp3) is 0.839. The molecule has 6 N–H and O–H groups in total. The lowest BCUT2D eigenvalue weighted by atomic mass is 9.43. The van der Waals surface area contributed by atoms with E-state index >= 15 is 0 Å². The number of rotatable bonds is 13. The number of hydrazine groups is 1. The van der Waals surface area contributed by atoms with Gasteiger partial charge in [0.2, 0.25) is 11.8 Å². The van der Waals surface area contributed by atoms with Crippen LogP contribution in [0.2, 0.25) is 0 Å². The van der Waals surface area contributed by atoms with Crippen molar-refractivity contribution in [2.45, 2.75) is 118 Å². The molecule has 13 heteroatoms. The smallest absolute Gasteiger partial charge is 0.404 e. The van der Waals surface area contributed by atoms with Crippen LogP contribution in [0.3, 0.4) is 0 Å². The third kappa shape index (κ3) is 6.93. The van der Waals surface area contributed by atoms with E-state index in [0.29, 0.717) is 31.1 Å². The lowest BCUT2D eigenvalue weighted by molar-refractivity contribution is -0.822. The summed E-state index contributed by atoms with van der Waals surface area (Å²) in [6.45, 7) is 19.4. The van der Waals surface area contributed by atoms with Crippen molar-refractivity contribution in [2.24, 2.45) is 40.4 Å². The van der Waals surface area contributed by atoms with Crippen molar-refractivity contribution in [2.75, 3.05) is 6.54 Å². The molecule has 44 heavy (non-hydrogen) atoms. The molecular formula is C31H54BN6O6+. The quantitative estimate of drug-likeness (QED) is 0.0457. The standard InChI is InChI=1S/C31H53BN6O6/c1-17(2)13-20-25(30(20,7)8)27(40)35-21(11-10-12-34-28(33)37-38(41)42)26(39)36-24(14-18(3)4)32-43-23-16-19-15-22(29(19,5)6)31(23,9)44-32/h13,18-25H,10-12,14-16H2,1-9H3,(H5-,33,34,35,36,37,39,40,41,42)/p+1/t19-,20?,21-,22-,23+,24-,25?,31-/m0/s1. The van der Waals surface area contributed by atoms with E-state index in [0.717, 1.165) is 18.4 Å². The number of carbonyl (C=O) groups is 2. The fourth-order valence-corrected chi connectivity index (χ4v) is 8.13. The summed E-state index contributed by atoms with van der Waals surface area (Å²) in [6, 6.07) is -0.815. The van der Waals surface area contributed by atoms with E-state index in [1.807, 2.05) is 19.3 Å².